The number of nitriles is 1. The Kier molecular flexibility index (Phi) is 3.77. The van der Waals surface area contributed by atoms with E-state index in [9.17, 15) is 5.26 Å². The molecule has 0 saturated heterocycles. The molecule has 0 radical (unpaired) electrons. The molecule has 3 heteroatoms. The van der Waals surface area contributed by atoms with Gasteiger partial charge in [0.05, 0.1) is 0 Å². The molecular formula is C18H12ClNO. The molecule has 21 heavy (non-hydrogen) atoms. The van der Waals surface area contributed by atoms with Gasteiger partial charge in [-0.2, -0.15) is 5.26 Å². The summed E-state index contributed by atoms with van der Waals surface area (Å²) in [5, 5.41) is 12.0. The van der Waals surface area contributed by atoms with Crippen LogP contribution < -0.4 is 4.74 Å². The molecular weight excluding hydrogens is 282 g/mol. The van der Waals surface area contributed by atoms with Crippen molar-refractivity contribution in [3.05, 3.63) is 76.8 Å². The van der Waals surface area contributed by atoms with Gasteiger partial charge in [0, 0.05) is 16.0 Å². The largest absolute Gasteiger partial charge is 0.487 e. The van der Waals surface area contributed by atoms with Crippen LogP contribution in [0.2, 0.25) is 5.02 Å². The first-order chi connectivity index (χ1) is 10.3. The minimum atomic E-state index is 0.340. The van der Waals surface area contributed by atoms with Crippen LogP contribution in [-0.2, 0) is 6.61 Å². The van der Waals surface area contributed by atoms with Crippen molar-refractivity contribution in [1.29, 1.82) is 5.26 Å². The van der Waals surface area contributed by atoms with Crippen LogP contribution in [-0.4, -0.2) is 0 Å². The van der Waals surface area contributed by atoms with E-state index >= 15 is 0 Å². The highest BCUT2D eigenvalue weighted by Crippen LogP contribution is 2.28. The SMILES string of the molecule is N#Cc1c(OCc2ccccc2Cl)ccc2ccccc12. The molecule has 0 atom stereocenters. The summed E-state index contributed by atoms with van der Waals surface area (Å²) >= 11 is 6.11. The molecule has 0 aromatic heterocycles. The fraction of sp³-hybridized carbons (Fsp3) is 0.0556. The van der Waals surface area contributed by atoms with Crippen molar-refractivity contribution in [3.63, 3.8) is 0 Å². The van der Waals surface area contributed by atoms with E-state index in [0.717, 1.165) is 16.3 Å². The fourth-order valence-corrected chi connectivity index (χ4v) is 2.45. The van der Waals surface area contributed by atoms with Gasteiger partial charge in [0.1, 0.15) is 24.0 Å². The maximum atomic E-state index is 9.41. The maximum Gasteiger partial charge on any atom is 0.138 e. The second-order valence-corrected chi connectivity index (χ2v) is 5.06. The van der Waals surface area contributed by atoms with Crippen LogP contribution in [0.1, 0.15) is 11.1 Å². The van der Waals surface area contributed by atoms with Crippen LogP contribution in [0.25, 0.3) is 10.8 Å². The molecule has 102 valence electrons. The lowest BCUT2D eigenvalue weighted by atomic mass is 10.0. The second-order valence-electron chi connectivity index (χ2n) is 4.65. The molecule has 0 bridgehead atoms. The number of rotatable bonds is 3. The Hall–Kier alpha value is -2.50. The molecule has 3 aromatic rings. The molecule has 0 N–H and O–H groups in total. The molecule has 0 spiro atoms. The van der Waals surface area contributed by atoms with Gasteiger partial charge in [-0.3, -0.25) is 0 Å². The van der Waals surface area contributed by atoms with E-state index in [2.05, 4.69) is 6.07 Å². The van der Waals surface area contributed by atoms with Crippen LogP contribution in [0.3, 0.4) is 0 Å². The Balaban J connectivity index is 1.95. The molecule has 0 heterocycles. The summed E-state index contributed by atoms with van der Waals surface area (Å²) in [6, 6.07) is 21.3. The predicted molar refractivity (Wildman–Crippen MR) is 84.4 cm³/mol. The Morgan fingerprint density at radius 1 is 0.952 bits per heavy atom. The molecule has 3 rings (SSSR count). The molecule has 0 fully saturated rings. The quantitative estimate of drug-likeness (QED) is 0.685. The third-order valence-electron chi connectivity index (χ3n) is 3.34. The lowest BCUT2D eigenvalue weighted by Crippen LogP contribution is -1.98. The van der Waals surface area contributed by atoms with Crippen molar-refractivity contribution in [1.82, 2.24) is 0 Å². The standard InChI is InChI=1S/C18H12ClNO/c19-17-8-4-2-6-14(17)12-21-18-10-9-13-5-1-3-7-15(13)16(18)11-20/h1-10H,12H2. The van der Waals surface area contributed by atoms with Crippen LogP contribution in [0.15, 0.2) is 60.7 Å². The van der Waals surface area contributed by atoms with E-state index < -0.39 is 0 Å². The van der Waals surface area contributed by atoms with Crippen LogP contribution in [0, 0.1) is 11.3 Å². The van der Waals surface area contributed by atoms with E-state index in [1.807, 2.05) is 60.7 Å². The van der Waals surface area contributed by atoms with Crippen LogP contribution in [0.5, 0.6) is 5.75 Å². The van der Waals surface area contributed by atoms with Gasteiger partial charge >= 0.3 is 0 Å². The summed E-state index contributed by atoms with van der Waals surface area (Å²) < 4.78 is 5.80. The third-order valence-corrected chi connectivity index (χ3v) is 3.71. The first-order valence-electron chi connectivity index (χ1n) is 6.57. The fourth-order valence-electron chi connectivity index (χ4n) is 2.26. The maximum absolute atomic E-state index is 9.41. The van der Waals surface area contributed by atoms with Crippen molar-refractivity contribution < 1.29 is 4.74 Å². The summed E-state index contributed by atoms with van der Waals surface area (Å²) in [5.41, 5.74) is 1.45. The monoisotopic (exact) mass is 293 g/mol. The van der Waals surface area contributed by atoms with Crippen molar-refractivity contribution >= 4 is 22.4 Å². The van der Waals surface area contributed by atoms with E-state index in [1.165, 1.54) is 0 Å². The predicted octanol–water partition coefficient (Wildman–Crippen LogP) is 4.94. The van der Waals surface area contributed by atoms with Crippen LogP contribution >= 0.6 is 11.6 Å². The van der Waals surface area contributed by atoms with Crippen molar-refractivity contribution in [3.8, 4) is 11.8 Å². The lowest BCUT2D eigenvalue weighted by Gasteiger charge is -2.11. The van der Waals surface area contributed by atoms with E-state index in [4.69, 9.17) is 16.3 Å². The number of halogens is 1. The Bertz CT molecular complexity index is 836. The summed E-state index contributed by atoms with van der Waals surface area (Å²) in [4.78, 5) is 0. The molecule has 0 aliphatic rings. The van der Waals surface area contributed by atoms with E-state index in [-0.39, 0.29) is 0 Å². The molecule has 0 saturated carbocycles. The van der Waals surface area contributed by atoms with Gasteiger partial charge in [0.2, 0.25) is 0 Å². The molecule has 0 aliphatic carbocycles. The third kappa shape index (κ3) is 2.69. The van der Waals surface area contributed by atoms with Gasteiger partial charge in [-0.25, -0.2) is 0 Å². The highest BCUT2D eigenvalue weighted by molar-refractivity contribution is 6.31. The first-order valence-corrected chi connectivity index (χ1v) is 6.95. The number of hydrogen-bond acceptors (Lipinski definition) is 2. The minimum absolute atomic E-state index is 0.340. The van der Waals surface area contributed by atoms with Crippen molar-refractivity contribution in [2.45, 2.75) is 6.61 Å². The van der Waals surface area contributed by atoms with Crippen LogP contribution in [0.4, 0.5) is 0 Å². The van der Waals surface area contributed by atoms with Gasteiger partial charge in [0.15, 0.2) is 0 Å². The zero-order valence-corrected chi connectivity index (χ0v) is 12.0. The Morgan fingerprint density at radius 2 is 1.71 bits per heavy atom. The number of nitrogens with zero attached hydrogens (tertiary/aromatic N) is 1. The minimum Gasteiger partial charge on any atom is -0.487 e. The van der Waals surface area contributed by atoms with Gasteiger partial charge < -0.3 is 4.74 Å². The molecule has 0 amide bonds. The number of hydrogen-bond donors (Lipinski definition) is 0. The number of ether oxygens (including phenoxy) is 1. The molecule has 2 nitrogen and oxygen atoms in total. The van der Waals surface area contributed by atoms with E-state index in [0.29, 0.717) is 22.9 Å². The van der Waals surface area contributed by atoms with Gasteiger partial charge in [-0.1, -0.05) is 60.1 Å². The highest BCUT2D eigenvalue weighted by atomic mass is 35.5. The average molecular weight is 294 g/mol. The van der Waals surface area contributed by atoms with Gasteiger partial charge in [-0.15, -0.1) is 0 Å². The summed E-state index contributed by atoms with van der Waals surface area (Å²) in [7, 11) is 0. The van der Waals surface area contributed by atoms with E-state index in [1.54, 1.807) is 0 Å². The Labute approximate surface area is 128 Å². The molecule has 0 unspecified atom stereocenters. The van der Waals surface area contributed by atoms with Crippen molar-refractivity contribution in [2.24, 2.45) is 0 Å². The zero-order valence-electron chi connectivity index (χ0n) is 11.2. The average Bonchev–Trinajstić information content (AvgIpc) is 2.53. The Morgan fingerprint density at radius 3 is 2.52 bits per heavy atom. The lowest BCUT2D eigenvalue weighted by molar-refractivity contribution is 0.306. The number of fused-ring (bicyclic) bond motifs is 1. The van der Waals surface area contributed by atoms with Gasteiger partial charge in [-0.05, 0) is 17.5 Å². The smallest absolute Gasteiger partial charge is 0.138 e. The van der Waals surface area contributed by atoms with Gasteiger partial charge in [0.25, 0.3) is 0 Å². The highest BCUT2D eigenvalue weighted by Gasteiger charge is 2.09. The molecule has 3 aromatic carbocycles. The molecule has 0 aliphatic heterocycles. The first kappa shape index (κ1) is 13.5. The number of benzene rings is 3. The topological polar surface area (TPSA) is 33.0 Å². The normalized spacial score (nSPS) is 10.3. The summed E-state index contributed by atoms with van der Waals surface area (Å²) in [6.07, 6.45) is 0. The zero-order chi connectivity index (χ0) is 14.7. The summed E-state index contributed by atoms with van der Waals surface area (Å²) in [5.74, 6) is 0.580. The van der Waals surface area contributed by atoms with Crippen molar-refractivity contribution in [2.75, 3.05) is 0 Å². The second kappa shape index (κ2) is 5.87. The summed E-state index contributed by atoms with van der Waals surface area (Å²) in [6.45, 7) is 0.340.